The van der Waals surface area contributed by atoms with Crippen LogP contribution in [0.4, 0.5) is 22.0 Å². The Kier molecular flexibility index (Phi) is 8.08. The van der Waals surface area contributed by atoms with Crippen molar-refractivity contribution in [3.05, 3.63) is 65.4 Å². The minimum Gasteiger partial charge on any atom is -0.377 e. The Morgan fingerprint density at radius 1 is 0.952 bits per heavy atom. The molecule has 42 heavy (non-hydrogen) atoms. The number of morpholine rings is 1. The number of nitrogens with one attached hydrogen (secondary N) is 3. The molecule has 0 aliphatic carbocycles. The zero-order valence-electron chi connectivity index (χ0n) is 24.5. The number of urea groups is 1. The molecule has 3 aliphatic heterocycles. The van der Waals surface area contributed by atoms with Crippen LogP contribution in [0.3, 0.4) is 0 Å². The zero-order valence-corrected chi connectivity index (χ0v) is 24.5. The van der Waals surface area contributed by atoms with Crippen LogP contribution in [0.2, 0.25) is 0 Å². The van der Waals surface area contributed by atoms with Gasteiger partial charge in [0.15, 0.2) is 5.82 Å². The summed E-state index contributed by atoms with van der Waals surface area (Å²) in [5.74, 6) is 1.65. The lowest BCUT2D eigenvalue weighted by Crippen LogP contribution is -2.47. The maximum absolute atomic E-state index is 12.7. The highest BCUT2D eigenvalue weighted by molar-refractivity contribution is 6.00. The standard InChI is InChI=1S/C32H39N7O3/c1-4-38-16-15-27-28(17-38)36-29(37-30(27)39-25-13-14-26(39)19-42-18-25)21-5-9-23(10-6-21)34-32(41)35-24-11-7-22(8-12-24)31(40)33-20(2)3/h5-12,20,25-26H,4,13-19H2,1-3H3,(H,33,40)(H2,34,35,41). The molecule has 220 valence electrons. The number of benzene rings is 2. The molecule has 6 rings (SSSR count). The van der Waals surface area contributed by atoms with E-state index >= 15 is 0 Å². The van der Waals surface area contributed by atoms with Gasteiger partial charge in [-0.2, -0.15) is 0 Å². The van der Waals surface area contributed by atoms with Crippen molar-refractivity contribution >= 4 is 29.1 Å². The first-order chi connectivity index (χ1) is 20.4. The average molecular weight is 570 g/mol. The highest BCUT2D eigenvalue weighted by atomic mass is 16.5. The lowest BCUT2D eigenvalue weighted by atomic mass is 10.0. The molecule has 2 saturated heterocycles. The zero-order chi connectivity index (χ0) is 29.2. The SMILES string of the molecule is CCN1CCc2c(nc(-c3ccc(NC(=O)Nc4ccc(C(=O)NC(C)C)cc4)cc3)nc2N2C3CCC2COC3)C1. The number of rotatable bonds is 7. The summed E-state index contributed by atoms with van der Waals surface area (Å²) in [4.78, 5) is 40.0. The molecule has 3 aliphatic rings. The Hall–Kier alpha value is -4.02. The number of fused-ring (bicyclic) bond motifs is 3. The quantitative estimate of drug-likeness (QED) is 0.379. The second kappa shape index (κ2) is 12.1. The van der Waals surface area contributed by atoms with E-state index in [0.717, 1.165) is 69.2 Å². The number of carbonyl (C=O) groups is 2. The number of aromatic nitrogens is 2. The molecule has 2 fully saturated rings. The Morgan fingerprint density at radius 3 is 2.21 bits per heavy atom. The van der Waals surface area contributed by atoms with Gasteiger partial charge in [0.25, 0.3) is 5.91 Å². The maximum Gasteiger partial charge on any atom is 0.323 e. The van der Waals surface area contributed by atoms with E-state index in [2.05, 4.69) is 32.7 Å². The van der Waals surface area contributed by atoms with Gasteiger partial charge in [-0.1, -0.05) is 6.92 Å². The van der Waals surface area contributed by atoms with Crippen molar-refractivity contribution < 1.29 is 14.3 Å². The summed E-state index contributed by atoms with van der Waals surface area (Å²) in [6.45, 7) is 10.4. The minimum atomic E-state index is -0.364. The van der Waals surface area contributed by atoms with Gasteiger partial charge in [0.05, 0.1) is 31.0 Å². The van der Waals surface area contributed by atoms with Crippen LogP contribution in [0.1, 0.15) is 55.2 Å². The Labute approximate surface area is 246 Å². The normalized spacial score (nSPS) is 19.9. The third kappa shape index (κ3) is 5.96. The van der Waals surface area contributed by atoms with Gasteiger partial charge in [-0.3, -0.25) is 9.69 Å². The highest BCUT2D eigenvalue weighted by Crippen LogP contribution is 2.38. The van der Waals surface area contributed by atoms with Crippen LogP contribution in [-0.4, -0.2) is 71.2 Å². The molecule has 3 aromatic rings. The van der Waals surface area contributed by atoms with Crippen LogP contribution in [0.5, 0.6) is 0 Å². The number of hydrogen-bond donors (Lipinski definition) is 3. The number of likely N-dealkylation sites (N-methyl/N-ethyl adjacent to an activating group) is 1. The molecule has 10 heteroatoms. The molecule has 2 aromatic carbocycles. The largest absolute Gasteiger partial charge is 0.377 e. The van der Waals surface area contributed by atoms with E-state index in [1.54, 1.807) is 24.3 Å². The van der Waals surface area contributed by atoms with Crippen molar-refractivity contribution in [2.24, 2.45) is 0 Å². The van der Waals surface area contributed by atoms with Gasteiger partial charge in [0.2, 0.25) is 0 Å². The van der Waals surface area contributed by atoms with Crippen LogP contribution in [0.25, 0.3) is 11.4 Å². The molecule has 0 radical (unpaired) electrons. The van der Waals surface area contributed by atoms with Crippen LogP contribution in [0, 0.1) is 0 Å². The maximum atomic E-state index is 12.7. The smallest absolute Gasteiger partial charge is 0.323 e. The summed E-state index contributed by atoms with van der Waals surface area (Å²) >= 11 is 0. The molecule has 2 atom stereocenters. The topological polar surface area (TPSA) is 112 Å². The first-order valence-corrected chi connectivity index (χ1v) is 15.0. The van der Waals surface area contributed by atoms with Crippen LogP contribution in [0.15, 0.2) is 48.5 Å². The minimum absolute atomic E-state index is 0.0552. The molecule has 0 saturated carbocycles. The number of hydrogen-bond acceptors (Lipinski definition) is 7. The van der Waals surface area contributed by atoms with E-state index in [-0.39, 0.29) is 18.0 Å². The van der Waals surface area contributed by atoms with E-state index in [0.29, 0.717) is 34.8 Å². The van der Waals surface area contributed by atoms with Crippen LogP contribution in [-0.2, 0) is 17.7 Å². The van der Waals surface area contributed by atoms with E-state index in [4.69, 9.17) is 14.7 Å². The number of carbonyl (C=O) groups excluding carboxylic acids is 2. The molecular weight excluding hydrogens is 530 g/mol. The molecule has 2 bridgehead atoms. The molecular formula is C32H39N7O3. The van der Waals surface area contributed by atoms with Crippen LogP contribution < -0.4 is 20.9 Å². The van der Waals surface area contributed by atoms with Gasteiger partial charge in [0, 0.05) is 47.2 Å². The second-order valence-electron chi connectivity index (χ2n) is 11.6. The van der Waals surface area contributed by atoms with E-state index in [9.17, 15) is 9.59 Å². The van der Waals surface area contributed by atoms with Gasteiger partial charge < -0.3 is 25.6 Å². The first kappa shape index (κ1) is 28.1. The summed E-state index contributed by atoms with van der Waals surface area (Å²) in [5, 5.41) is 8.56. The van der Waals surface area contributed by atoms with Crippen molar-refractivity contribution in [3.63, 3.8) is 0 Å². The van der Waals surface area contributed by atoms with Gasteiger partial charge in [-0.25, -0.2) is 14.8 Å². The second-order valence-corrected chi connectivity index (χ2v) is 11.6. The number of nitrogens with zero attached hydrogens (tertiary/aromatic N) is 4. The highest BCUT2D eigenvalue weighted by Gasteiger charge is 2.40. The molecule has 2 unspecified atom stereocenters. The molecule has 10 nitrogen and oxygen atoms in total. The summed E-state index contributed by atoms with van der Waals surface area (Å²) in [5.41, 5.74) is 5.11. The van der Waals surface area contributed by atoms with Gasteiger partial charge in [-0.15, -0.1) is 0 Å². The molecule has 1 aromatic heterocycles. The molecule has 3 N–H and O–H groups in total. The predicted molar refractivity (Wildman–Crippen MR) is 164 cm³/mol. The Bertz CT molecular complexity index is 1430. The Morgan fingerprint density at radius 2 is 1.60 bits per heavy atom. The molecule has 4 heterocycles. The summed E-state index contributed by atoms with van der Waals surface area (Å²) < 4.78 is 5.86. The van der Waals surface area contributed by atoms with Crippen molar-refractivity contribution in [1.29, 1.82) is 0 Å². The van der Waals surface area contributed by atoms with E-state index < -0.39 is 0 Å². The van der Waals surface area contributed by atoms with E-state index in [1.165, 1.54) is 5.56 Å². The summed E-state index contributed by atoms with van der Waals surface area (Å²) in [7, 11) is 0. The molecule has 3 amide bonds. The van der Waals surface area contributed by atoms with Gasteiger partial charge >= 0.3 is 6.03 Å². The molecule has 0 spiro atoms. The summed E-state index contributed by atoms with van der Waals surface area (Å²) in [6.07, 6.45) is 3.24. The van der Waals surface area contributed by atoms with Crippen LogP contribution >= 0.6 is 0 Å². The summed E-state index contributed by atoms with van der Waals surface area (Å²) in [6, 6.07) is 14.9. The number of ether oxygens (including phenoxy) is 1. The number of anilines is 3. The fourth-order valence-electron chi connectivity index (χ4n) is 6.10. The Balaban J connectivity index is 1.17. The number of amides is 3. The average Bonchev–Trinajstić information content (AvgIpc) is 3.23. The van der Waals surface area contributed by atoms with Crippen molar-refractivity contribution in [3.8, 4) is 11.4 Å². The van der Waals surface area contributed by atoms with Crippen molar-refractivity contribution in [2.45, 2.75) is 64.7 Å². The first-order valence-electron chi connectivity index (χ1n) is 15.0. The van der Waals surface area contributed by atoms with E-state index in [1.807, 2.05) is 38.1 Å². The lowest BCUT2D eigenvalue weighted by Gasteiger charge is -2.38. The van der Waals surface area contributed by atoms with Crippen molar-refractivity contribution in [2.75, 3.05) is 41.8 Å². The predicted octanol–water partition coefficient (Wildman–Crippen LogP) is 4.67. The third-order valence-electron chi connectivity index (χ3n) is 8.28. The van der Waals surface area contributed by atoms with Crippen molar-refractivity contribution in [1.82, 2.24) is 20.2 Å². The fraction of sp³-hybridized carbons (Fsp3) is 0.438. The lowest BCUT2D eigenvalue weighted by molar-refractivity contribution is 0.0900. The fourth-order valence-corrected chi connectivity index (χ4v) is 6.10. The monoisotopic (exact) mass is 569 g/mol. The third-order valence-corrected chi connectivity index (χ3v) is 8.28. The van der Waals surface area contributed by atoms with Gasteiger partial charge in [0.1, 0.15) is 5.82 Å². The van der Waals surface area contributed by atoms with Gasteiger partial charge in [-0.05, 0) is 88.2 Å².